The number of hydrogen-bond acceptors (Lipinski definition) is 8. The molecule has 3 atom stereocenters. The second-order valence-corrected chi connectivity index (χ2v) is 18.0. The molecule has 2 aliphatic rings. The summed E-state index contributed by atoms with van der Waals surface area (Å²) in [5, 5.41) is 11.8. The number of carboxylic acid groups (broad SMARTS) is 1. The third-order valence-corrected chi connectivity index (χ3v) is 11.5. The molecule has 1 aromatic rings. The highest BCUT2D eigenvalue weighted by Crippen LogP contribution is 2.49. The van der Waals surface area contributed by atoms with Crippen LogP contribution in [0.5, 0.6) is 0 Å². The third kappa shape index (κ3) is 17.3. The van der Waals surface area contributed by atoms with Crippen molar-refractivity contribution in [3.05, 3.63) is 56.5 Å². The van der Waals surface area contributed by atoms with E-state index < -0.39 is 40.3 Å². The summed E-state index contributed by atoms with van der Waals surface area (Å²) in [5.74, 6) is -3.19. The molecule has 2 amide bonds. The Balaban J connectivity index is 0.000000360. The van der Waals surface area contributed by atoms with Crippen molar-refractivity contribution in [1.82, 2.24) is 10.2 Å². The molecular formula is C38H60BrN3O8S2. The number of unbranched alkanes of at least 4 members (excludes halogenated alkanes) is 13. The van der Waals surface area contributed by atoms with Crippen LogP contribution >= 0.6 is 27.7 Å². The van der Waals surface area contributed by atoms with Crippen molar-refractivity contribution in [2.45, 2.75) is 136 Å². The average molecular weight is 831 g/mol. The largest absolute Gasteiger partial charge is 0.726 e. The number of amides is 2. The molecule has 0 aromatic heterocycles. The SMILES string of the molecule is CC(=O)NC=C(Br)SC1=C(C(=O)O)N2C(=O)[C@@H]([C@H](C)OS(=O)(=O)[O-])[C@H]2C1.CCCCCCCCCCCCCCCC[N+](C)(C)Cc1ccccc1. The maximum absolute atomic E-state index is 12.3. The lowest BCUT2D eigenvalue weighted by atomic mass is 9.83. The Hall–Kier alpha value is -2.23. The van der Waals surface area contributed by atoms with E-state index in [-0.39, 0.29) is 18.0 Å². The van der Waals surface area contributed by atoms with Crippen molar-refractivity contribution in [3.63, 3.8) is 0 Å². The molecule has 0 spiro atoms. The average Bonchev–Trinajstić information content (AvgIpc) is 3.37. The van der Waals surface area contributed by atoms with E-state index in [2.05, 4.69) is 76.8 Å². The molecule has 14 heteroatoms. The second-order valence-electron chi connectivity index (χ2n) is 14.4. The van der Waals surface area contributed by atoms with Crippen LogP contribution in [0.1, 0.15) is 123 Å². The van der Waals surface area contributed by atoms with E-state index >= 15 is 0 Å². The summed E-state index contributed by atoms with van der Waals surface area (Å²) in [6.07, 6.45) is 20.5. The maximum atomic E-state index is 12.3. The van der Waals surface area contributed by atoms with Crippen LogP contribution in [-0.4, -0.2) is 78.0 Å². The Bertz CT molecular complexity index is 1450. The topological polar surface area (TPSA) is 153 Å². The molecule has 294 valence electrons. The normalized spacial score (nSPS) is 18.0. The zero-order chi connectivity index (χ0) is 38.7. The first kappa shape index (κ1) is 45.9. The Morgan fingerprint density at radius 2 is 1.54 bits per heavy atom. The number of carbonyl (C=O) groups is 3. The Labute approximate surface area is 324 Å². The standard InChI is InChI=1S/C25H46N.C13H15BrN2O8S2/c1-4-5-6-7-8-9-10-11-12-13-14-15-16-20-23-26(2,3)24-25-21-18-17-19-22-25;1-5(24-26(21,22)23)10-7-3-8(25-9(14)4-15-6(2)17)11(13(19)20)16(7)12(10)18/h17-19,21-22H,4-16,20,23-24H2,1-3H3;4-5,7,10H,3H2,1-2H3,(H,15,17)(H,19,20)(H,21,22,23)/q+1;/p-1/t;5-,7+,10-/m.0/s1. The van der Waals surface area contributed by atoms with Gasteiger partial charge in [-0.2, -0.15) is 0 Å². The van der Waals surface area contributed by atoms with Crippen LogP contribution in [0.3, 0.4) is 0 Å². The minimum absolute atomic E-state index is 0.151. The number of nitrogens with one attached hydrogen (secondary N) is 1. The van der Waals surface area contributed by atoms with Crippen molar-refractivity contribution in [1.29, 1.82) is 0 Å². The van der Waals surface area contributed by atoms with Crippen molar-refractivity contribution >= 4 is 55.9 Å². The van der Waals surface area contributed by atoms with Crippen molar-refractivity contribution in [2.24, 2.45) is 5.92 Å². The number of rotatable bonds is 24. The molecule has 1 fully saturated rings. The first-order chi connectivity index (χ1) is 24.6. The van der Waals surface area contributed by atoms with Crippen LogP contribution < -0.4 is 5.32 Å². The fourth-order valence-electron chi connectivity index (χ4n) is 6.75. The van der Waals surface area contributed by atoms with Gasteiger partial charge in [0.15, 0.2) is 0 Å². The summed E-state index contributed by atoms with van der Waals surface area (Å²) in [6, 6.07) is 10.3. The Morgan fingerprint density at radius 1 is 1.02 bits per heavy atom. The first-order valence-electron chi connectivity index (χ1n) is 18.7. The molecule has 1 saturated heterocycles. The minimum Gasteiger partial charge on any atom is -0.726 e. The van der Waals surface area contributed by atoms with Gasteiger partial charge in [-0.15, -0.1) is 0 Å². The number of halogens is 1. The summed E-state index contributed by atoms with van der Waals surface area (Å²) < 4.78 is 38.1. The van der Waals surface area contributed by atoms with Crippen LogP contribution in [0, 0.1) is 5.92 Å². The molecule has 0 bridgehead atoms. The Kier molecular flexibility index (Phi) is 20.8. The molecule has 2 aliphatic heterocycles. The summed E-state index contributed by atoms with van der Waals surface area (Å²) in [5.41, 5.74) is 1.24. The van der Waals surface area contributed by atoms with Crippen molar-refractivity contribution in [3.8, 4) is 0 Å². The number of fused-ring (bicyclic) bond motifs is 1. The van der Waals surface area contributed by atoms with Gasteiger partial charge in [-0.25, -0.2) is 13.2 Å². The smallest absolute Gasteiger partial charge is 0.353 e. The number of aliphatic carboxylic acids is 1. The lowest BCUT2D eigenvalue weighted by Gasteiger charge is -2.45. The van der Waals surface area contributed by atoms with Crippen molar-refractivity contribution < 1.29 is 41.1 Å². The predicted molar refractivity (Wildman–Crippen MR) is 209 cm³/mol. The van der Waals surface area contributed by atoms with Gasteiger partial charge in [0.05, 0.1) is 42.5 Å². The zero-order valence-corrected chi connectivity index (χ0v) is 34.8. The van der Waals surface area contributed by atoms with Crippen LogP contribution in [0.25, 0.3) is 0 Å². The highest BCUT2D eigenvalue weighted by Gasteiger charge is 2.57. The summed E-state index contributed by atoms with van der Waals surface area (Å²) in [6.45, 7) is 7.32. The monoisotopic (exact) mass is 829 g/mol. The molecule has 0 unspecified atom stereocenters. The minimum atomic E-state index is -4.99. The molecule has 0 saturated carbocycles. The quantitative estimate of drug-likeness (QED) is 0.0345. The summed E-state index contributed by atoms with van der Waals surface area (Å²) in [7, 11) is -0.247. The summed E-state index contributed by atoms with van der Waals surface area (Å²) >= 11 is 4.19. The molecule has 0 radical (unpaired) electrons. The number of benzene rings is 1. The number of thioether (sulfide) groups is 1. The summed E-state index contributed by atoms with van der Waals surface area (Å²) in [4.78, 5) is 36.2. The van der Waals surface area contributed by atoms with E-state index in [1.54, 1.807) is 0 Å². The van der Waals surface area contributed by atoms with Crippen LogP contribution in [0.4, 0.5) is 0 Å². The van der Waals surface area contributed by atoms with Gasteiger partial charge in [0.25, 0.3) is 0 Å². The number of quaternary nitrogens is 1. The van der Waals surface area contributed by atoms with Gasteiger partial charge in [-0.1, -0.05) is 126 Å². The van der Waals surface area contributed by atoms with E-state index in [0.717, 1.165) is 27.7 Å². The number of β-lactam (4-membered cyclic amide) rings is 1. The van der Waals surface area contributed by atoms with Gasteiger partial charge in [-0.3, -0.25) is 13.8 Å². The molecule has 1 aromatic carbocycles. The fraction of sp³-hybridized carbons (Fsp3) is 0.658. The molecule has 2 heterocycles. The first-order valence-corrected chi connectivity index (χ1v) is 21.6. The van der Waals surface area contributed by atoms with Crippen molar-refractivity contribution in [2.75, 3.05) is 20.6 Å². The van der Waals surface area contributed by atoms with E-state index in [1.165, 1.54) is 122 Å². The van der Waals surface area contributed by atoms with Gasteiger partial charge < -0.3 is 24.4 Å². The maximum Gasteiger partial charge on any atom is 0.353 e. The highest BCUT2D eigenvalue weighted by molar-refractivity contribution is 9.14. The van der Waals surface area contributed by atoms with E-state index in [4.69, 9.17) is 0 Å². The third-order valence-electron chi connectivity index (χ3n) is 9.33. The van der Waals surface area contributed by atoms with E-state index in [1.807, 2.05) is 0 Å². The molecule has 3 rings (SSSR count). The molecule has 2 N–H and O–H groups in total. The zero-order valence-electron chi connectivity index (χ0n) is 31.6. The van der Waals surface area contributed by atoms with Crippen LogP contribution in [-0.2, 0) is 35.5 Å². The lowest BCUT2D eigenvalue weighted by molar-refractivity contribution is -0.903. The van der Waals surface area contributed by atoms with Gasteiger partial charge in [0, 0.05) is 30.0 Å². The van der Waals surface area contributed by atoms with Gasteiger partial charge in [-0.05, 0) is 35.7 Å². The number of carbonyl (C=O) groups excluding carboxylic acids is 2. The van der Waals surface area contributed by atoms with Gasteiger partial charge >= 0.3 is 5.97 Å². The number of nitrogens with zero attached hydrogens (tertiary/aromatic N) is 2. The molecule has 52 heavy (non-hydrogen) atoms. The van der Waals surface area contributed by atoms with Gasteiger partial charge in [0.1, 0.15) is 12.2 Å². The van der Waals surface area contributed by atoms with E-state index in [0.29, 0.717) is 8.72 Å². The molecule has 0 aliphatic carbocycles. The van der Waals surface area contributed by atoms with Crippen LogP contribution in [0.2, 0.25) is 0 Å². The van der Waals surface area contributed by atoms with Gasteiger partial charge in [0.2, 0.25) is 22.2 Å². The predicted octanol–water partition coefficient (Wildman–Crippen LogP) is 8.19. The molecule has 11 nitrogen and oxygen atoms in total. The van der Waals surface area contributed by atoms with Crippen LogP contribution in [0.15, 0.2) is 50.9 Å². The lowest BCUT2D eigenvalue weighted by Crippen LogP contribution is -2.62. The number of hydrogen-bond donors (Lipinski definition) is 2. The van der Waals surface area contributed by atoms with E-state index in [9.17, 15) is 32.5 Å². The fourth-order valence-corrected chi connectivity index (χ4v) is 8.83. The second kappa shape index (κ2) is 23.5. The Morgan fingerprint density at radius 3 is 2.02 bits per heavy atom. The highest BCUT2D eigenvalue weighted by atomic mass is 79.9. The molecular weight excluding hydrogens is 770 g/mol. The number of carboxylic acids is 1.